The second-order valence-electron chi connectivity index (χ2n) is 8.69. The standard InChI is InChI=1S/C25H25N5O3S2/c1-15-6-7-21(35-15)24(33)29-28-23(32)20-14-34-25(27-20)16-8-10-30(11-9-16)22(31)12-17-13-26-19-5-3-2-4-18(17)19/h2-7,13-14,16-17H,8-12H2,1H3,(H,28,32)(H,29,33). The number of hydrogen-bond donors (Lipinski definition) is 2. The van der Waals surface area contributed by atoms with Gasteiger partial charge < -0.3 is 4.90 Å². The molecule has 1 saturated heterocycles. The molecule has 3 aromatic rings. The summed E-state index contributed by atoms with van der Waals surface area (Å²) in [6, 6.07) is 11.5. The second kappa shape index (κ2) is 10.1. The van der Waals surface area contributed by atoms with E-state index >= 15 is 0 Å². The van der Waals surface area contributed by atoms with E-state index < -0.39 is 5.91 Å². The zero-order valence-electron chi connectivity index (χ0n) is 19.2. The molecule has 0 aliphatic carbocycles. The van der Waals surface area contributed by atoms with Crippen LogP contribution in [0.2, 0.25) is 0 Å². The van der Waals surface area contributed by atoms with E-state index in [1.807, 2.05) is 48.4 Å². The molecule has 0 radical (unpaired) electrons. The maximum absolute atomic E-state index is 12.9. The number of fused-ring (bicyclic) bond motifs is 1. The van der Waals surface area contributed by atoms with Crippen molar-refractivity contribution in [3.63, 3.8) is 0 Å². The average Bonchev–Trinajstić information content (AvgIpc) is 3.63. The van der Waals surface area contributed by atoms with Crippen LogP contribution < -0.4 is 10.9 Å². The molecule has 1 fully saturated rings. The van der Waals surface area contributed by atoms with E-state index in [0.717, 1.165) is 34.0 Å². The van der Waals surface area contributed by atoms with Crippen molar-refractivity contribution in [2.75, 3.05) is 13.1 Å². The largest absolute Gasteiger partial charge is 0.343 e. The molecule has 2 aliphatic rings. The molecule has 1 aromatic carbocycles. The normalized spacial score (nSPS) is 17.3. The van der Waals surface area contributed by atoms with Crippen molar-refractivity contribution in [3.05, 3.63) is 67.8 Å². The number of aromatic nitrogens is 1. The monoisotopic (exact) mass is 507 g/mol. The average molecular weight is 508 g/mol. The number of likely N-dealkylation sites (tertiary alicyclic amines) is 1. The van der Waals surface area contributed by atoms with E-state index in [1.165, 1.54) is 22.7 Å². The summed E-state index contributed by atoms with van der Waals surface area (Å²) in [5, 5.41) is 2.60. The van der Waals surface area contributed by atoms with E-state index in [0.29, 0.717) is 24.4 Å². The van der Waals surface area contributed by atoms with Gasteiger partial charge in [-0.05, 0) is 43.5 Å². The number of nitrogens with zero attached hydrogens (tertiary/aromatic N) is 3. The Morgan fingerprint density at radius 1 is 1.06 bits per heavy atom. The van der Waals surface area contributed by atoms with Crippen molar-refractivity contribution in [2.45, 2.75) is 38.0 Å². The minimum Gasteiger partial charge on any atom is -0.343 e. The summed E-state index contributed by atoms with van der Waals surface area (Å²) in [6.07, 6.45) is 3.93. The maximum Gasteiger partial charge on any atom is 0.289 e. The summed E-state index contributed by atoms with van der Waals surface area (Å²) in [7, 11) is 0. The van der Waals surface area contributed by atoms with E-state index in [1.54, 1.807) is 11.4 Å². The molecule has 3 amide bonds. The first kappa shape index (κ1) is 23.4. The van der Waals surface area contributed by atoms with Gasteiger partial charge >= 0.3 is 0 Å². The van der Waals surface area contributed by atoms with Gasteiger partial charge in [-0.2, -0.15) is 0 Å². The highest BCUT2D eigenvalue weighted by molar-refractivity contribution is 7.14. The summed E-state index contributed by atoms with van der Waals surface area (Å²) in [6.45, 7) is 3.26. The number of amides is 3. The van der Waals surface area contributed by atoms with Gasteiger partial charge in [-0.3, -0.25) is 30.2 Å². The number of aryl methyl sites for hydroxylation is 1. The van der Waals surface area contributed by atoms with Crippen molar-refractivity contribution < 1.29 is 14.4 Å². The SMILES string of the molecule is Cc1ccc(C(=O)NNC(=O)c2csc(C3CCN(C(=O)CC4C=Nc5ccccc54)CC3)n2)s1. The number of piperidine rings is 1. The lowest BCUT2D eigenvalue weighted by atomic mass is 9.94. The van der Waals surface area contributed by atoms with Crippen LogP contribution in [-0.2, 0) is 4.79 Å². The zero-order valence-corrected chi connectivity index (χ0v) is 20.8. The fourth-order valence-corrected chi connectivity index (χ4v) is 6.13. The number of benzene rings is 1. The fraction of sp³-hybridized carbons (Fsp3) is 0.320. The Balaban J connectivity index is 1.10. The van der Waals surface area contributed by atoms with E-state index in [-0.39, 0.29) is 29.3 Å². The quantitative estimate of drug-likeness (QED) is 0.506. The van der Waals surface area contributed by atoms with Crippen LogP contribution in [0, 0.1) is 6.92 Å². The molecule has 1 atom stereocenters. The minimum absolute atomic E-state index is 0.0424. The molecular weight excluding hydrogens is 482 g/mol. The van der Waals surface area contributed by atoms with E-state index in [4.69, 9.17) is 0 Å². The molecule has 1 unspecified atom stereocenters. The number of aliphatic imine (C=N–C) groups is 1. The van der Waals surface area contributed by atoms with Gasteiger partial charge in [-0.1, -0.05) is 18.2 Å². The molecule has 0 spiro atoms. The molecule has 2 aliphatic heterocycles. The fourth-order valence-electron chi connectivity index (χ4n) is 4.40. The Labute approximate surface area is 211 Å². The Morgan fingerprint density at radius 2 is 1.83 bits per heavy atom. The van der Waals surface area contributed by atoms with Crippen molar-refractivity contribution in [1.82, 2.24) is 20.7 Å². The first-order valence-corrected chi connectivity index (χ1v) is 13.2. The van der Waals surface area contributed by atoms with Gasteiger partial charge in [0.1, 0.15) is 5.69 Å². The van der Waals surface area contributed by atoms with E-state index in [2.05, 4.69) is 20.8 Å². The van der Waals surface area contributed by atoms with Gasteiger partial charge in [0.05, 0.1) is 15.6 Å². The lowest BCUT2D eigenvalue weighted by molar-refractivity contribution is -0.132. The Morgan fingerprint density at radius 3 is 2.60 bits per heavy atom. The Bertz CT molecular complexity index is 1290. The van der Waals surface area contributed by atoms with Crippen LogP contribution in [-0.4, -0.2) is 46.9 Å². The van der Waals surface area contributed by atoms with Crippen LogP contribution in [0.3, 0.4) is 0 Å². The Kier molecular flexibility index (Phi) is 6.74. The third kappa shape index (κ3) is 5.18. The lowest BCUT2D eigenvalue weighted by Gasteiger charge is -2.31. The summed E-state index contributed by atoms with van der Waals surface area (Å²) in [4.78, 5) is 49.9. The molecule has 4 heterocycles. The summed E-state index contributed by atoms with van der Waals surface area (Å²) >= 11 is 2.81. The van der Waals surface area contributed by atoms with Gasteiger partial charge in [0.25, 0.3) is 11.8 Å². The number of hydrogen-bond acceptors (Lipinski definition) is 7. The highest BCUT2D eigenvalue weighted by Gasteiger charge is 2.29. The predicted molar refractivity (Wildman–Crippen MR) is 137 cm³/mol. The van der Waals surface area contributed by atoms with Crippen LogP contribution in [0.4, 0.5) is 5.69 Å². The molecule has 180 valence electrons. The third-order valence-electron chi connectivity index (χ3n) is 6.33. The first-order chi connectivity index (χ1) is 17.0. The molecule has 2 aromatic heterocycles. The van der Waals surface area contributed by atoms with Crippen LogP contribution in [0.5, 0.6) is 0 Å². The molecule has 10 heteroatoms. The molecular formula is C25H25N5O3S2. The smallest absolute Gasteiger partial charge is 0.289 e. The van der Waals surface area contributed by atoms with Crippen LogP contribution in [0.15, 0.2) is 46.8 Å². The third-order valence-corrected chi connectivity index (χ3v) is 8.34. The number of thiophene rings is 1. The van der Waals surface area contributed by atoms with Crippen molar-refractivity contribution in [3.8, 4) is 0 Å². The number of carbonyl (C=O) groups excluding carboxylic acids is 3. The minimum atomic E-state index is -0.444. The van der Waals surface area contributed by atoms with Crippen molar-refractivity contribution >= 4 is 52.3 Å². The number of para-hydroxylation sites is 1. The highest BCUT2D eigenvalue weighted by atomic mass is 32.1. The number of nitrogens with one attached hydrogen (secondary N) is 2. The lowest BCUT2D eigenvalue weighted by Crippen LogP contribution is -2.41. The van der Waals surface area contributed by atoms with Crippen LogP contribution >= 0.6 is 22.7 Å². The number of thiazole rings is 1. The maximum atomic E-state index is 12.9. The summed E-state index contributed by atoms with van der Waals surface area (Å²) in [5.74, 6) is -0.395. The van der Waals surface area contributed by atoms with Crippen LogP contribution in [0.1, 0.15) is 66.7 Å². The molecule has 2 N–H and O–H groups in total. The summed E-state index contributed by atoms with van der Waals surface area (Å²) in [5.41, 5.74) is 7.22. The van der Waals surface area contributed by atoms with Gasteiger partial charge in [-0.25, -0.2) is 4.98 Å². The van der Waals surface area contributed by atoms with Gasteiger partial charge in [-0.15, -0.1) is 22.7 Å². The van der Waals surface area contributed by atoms with Crippen molar-refractivity contribution in [2.24, 2.45) is 4.99 Å². The zero-order chi connectivity index (χ0) is 24.4. The first-order valence-electron chi connectivity index (χ1n) is 11.5. The summed E-state index contributed by atoms with van der Waals surface area (Å²) < 4.78 is 0. The molecule has 0 bridgehead atoms. The number of carbonyl (C=O) groups is 3. The van der Waals surface area contributed by atoms with Crippen LogP contribution in [0.25, 0.3) is 0 Å². The predicted octanol–water partition coefficient (Wildman–Crippen LogP) is 4.18. The topological polar surface area (TPSA) is 104 Å². The molecule has 8 nitrogen and oxygen atoms in total. The number of rotatable bonds is 5. The van der Waals surface area contributed by atoms with Crippen molar-refractivity contribution in [1.29, 1.82) is 0 Å². The number of hydrazine groups is 1. The molecule has 5 rings (SSSR count). The Hall–Kier alpha value is -3.37. The van der Waals surface area contributed by atoms with E-state index in [9.17, 15) is 14.4 Å². The van der Waals surface area contributed by atoms with Gasteiger partial charge in [0.15, 0.2) is 0 Å². The van der Waals surface area contributed by atoms with Gasteiger partial charge in [0.2, 0.25) is 5.91 Å². The molecule has 0 saturated carbocycles. The highest BCUT2D eigenvalue weighted by Crippen LogP contribution is 2.35. The second-order valence-corrected chi connectivity index (χ2v) is 10.9. The van der Waals surface area contributed by atoms with Gasteiger partial charge in [0, 0.05) is 47.8 Å². The molecule has 35 heavy (non-hydrogen) atoms.